The van der Waals surface area contributed by atoms with Crippen molar-refractivity contribution in [3.8, 4) is 0 Å². The lowest BCUT2D eigenvalue weighted by molar-refractivity contribution is 0.244. The van der Waals surface area contributed by atoms with Crippen LogP contribution in [0.5, 0.6) is 0 Å². The topological polar surface area (TPSA) is 41.1 Å². The summed E-state index contributed by atoms with van der Waals surface area (Å²) in [6.07, 6.45) is 1.34. The molecule has 0 radical (unpaired) electrons. The number of rotatable bonds is 3. The van der Waals surface area contributed by atoms with E-state index in [9.17, 15) is 4.79 Å². The second kappa shape index (κ2) is 5.44. The first-order valence-electron chi connectivity index (χ1n) is 4.12. The zero-order valence-electron chi connectivity index (χ0n) is 7.59. The molecule has 2 amide bonds. The van der Waals surface area contributed by atoms with Crippen molar-refractivity contribution < 1.29 is 4.79 Å². The van der Waals surface area contributed by atoms with E-state index in [4.69, 9.17) is 0 Å². The van der Waals surface area contributed by atoms with Gasteiger partial charge in [0.15, 0.2) is 0 Å². The van der Waals surface area contributed by atoms with Gasteiger partial charge in [-0.2, -0.15) is 0 Å². The van der Waals surface area contributed by atoms with Gasteiger partial charge in [-0.3, -0.25) is 0 Å². The molecule has 0 aromatic heterocycles. The van der Waals surface area contributed by atoms with E-state index in [0.717, 1.165) is 10.0 Å². The average molecular weight is 255 g/mol. The van der Waals surface area contributed by atoms with Crippen LogP contribution in [0.3, 0.4) is 0 Å². The Kier molecular flexibility index (Phi) is 4.19. The summed E-state index contributed by atoms with van der Waals surface area (Å²) in [6, 6.07) is 7.50. The van der Waals surface area contributed by atoms with E-state index >= 15 is 0 Å². The summed E-state index contributed by atoms with van der Waals surface area (Å²) < 4.78 is 1.02. The minimum atomic E-state index is -0.247. The fourth-order valence-electron chi connectivity index (χ4n) is 0.928. The zero-order chi connectivity index (χ0) is 10.4. The van der Waals surface area contributed by atoms with E-state index in [0.29, 0.717) is 6.54 Å². The minimum Gasteiger partial charge on any atom is -0.334 e. The summed E-state index contributed by atoms with van der Waals surface area (Å²) in [5.74, 6) is 0. The van der Waals surface area contributed by atoms with Gasteiger partial charge in [0.05, 0.1) is 0 Å². The maximum atomic E-state index is 11.0. The van der Waals surface area contributed by atoms with Gasteiger partial charge in [0.2, 0.25) is 0 Å². The van der Waals surface area contributed by atoms with E-state index in [1.54, 1.807) is 0 Å². The lowest BCUT2D eigenvalue weighted by Gasteiger charge is -2.04. The van der Waals surface area contributed by atoms with Crippen molar-refractivity contribution in [1.29, 1.82) is 0 Å². The second-order valence-corrected chi connectivity index (χ2v) is 3.57. The molecule has 0 unspecified atom stereocenters. The molecule has 0 bridgehead atoms. The van der Waals surface area contributed by atoms with Crippen LogP contribution in [0.2, 0.25) is 0 Å². The quantitative estimate of drug-likeness (QED) is 0.855. The number of urea groups is 1. The fraction of sp³-hybridized carbons (Fsp3) is 0.100. The van der Waals surface area contributed by atoms with Crippen LogP contribution in [-0.4, -0.2) is 6.03 Å². The highest BCUT2D eigenvalue weighted by Gasteiger charge is 1.96. The van der Waals surface area contributed by atoms with Crippen molar-refractivity contribution in [1.82, 2.24) is 10.6 Å². The number of hydrogen-bond donors (Lipinski definition) is 2. The number of carbonyl (C=O) groups is 1. The Morgan fingerprint density at radius 3 is 2.64 bits per heavy atom. The van der Waals surface area contributed by atoms with Gasteiger partial charge in [-0.25, -0.2) is 4.79 Å². The fourth-order valence-corrected chi connectivity index (χ4v) is 1.19. The number of benzene rings is 1. The molecule has 0 heterocycles. The van der Waals surface area contributed by atoms with Gasteiger partial charge in [0.1, 0.15) is 0 Å². The molecular weight excluding hydrogens is 244 g/mol. The molecule has 0 aliphatic rings. The molecule has 1 aromatic carbocycles. The average Bonchev–Trinajstić information content (AvgIpc) is 2.17. The highest BCUT2D eigenvalue weighted by Crippen LogP contribution is 2.09. The highest BCUT2D eigenvalue weighted by atomic mass is 79.9. The molecular formula is C10H11BrN2O. The molecule has 14 heavy (non-hydrogen) atoms. The molecule has 2 N–H and O–H groups in total. The predicted octanol–water partition coefficient (Wildman–Crippen LogP) is 2.39. The number of amides is 2. The van der Waals surface area contributed by atoms with E-state index in [1.165, 1.54) is 6.20 Å². The molecule has 0 aliphatic carbocycles. The van der Waals surface area contributed by atoms with Gasteiger partial charge in [-0.05, 0) is 23.9 Å². The van der Waals surface area contributed by atoms with Gasteiger partial charge >= 0.3 is 6.03 Å². The van der Waals surface area contributed by atoms with Gasteiger partial charge in [-0.1, -0.05) is 34.6 Å². The van der Waals surface area contributed by atoms with Crippen molar-refractivity contribution in [3.63, 3.8) is 0 Å². The second-order valence-electron chi connectivity index (χ2n) is 2.66. The van der Waals surface area contributed by atoms with E-state index < -0.39 is 0 Å². The third-order valence-electron chi connectivity index (χ3n) is 1.60. The van der Waals surface area contributed by atoms with Crippen molar-refractivity contribution >= 4 is 22.0 Å². The summed E-state index contributed by atoms with van der Waals surface area (Å²) in [6.45, 7) is 3.90. The summed E-state index contributed by atoms with van der Waals surface area (Å²) in [4.78, 5) is 11.0. The number of carbonyl (C=O) groups excluding carboxylic acids is 1. The molecule has 0 saturated heterocycles. The molecule has 0 atom stereocenters. The first kappa shape index (κ1) is 10.8. The van der Waals surface area contributed by atoms with Gasteiger partial charge < -0.3 is 10.6 Å². The summed E-state index contributed by atoms with van der Waals surface area (Å²) in [5.41, 5.74) is 1.05. The first-order chi connectivity index (χ1) is 6.72. The SMILES string of the molecule is C=CNC(=O)NCc1ccc(Br)cc1. The number of nitrogens with one attached hydrogen (secondary N) is 2. The van der Waals surface area contributed by atoms with Crippen LogP contribution in [0.15, 0.2) is 41.5 Å². The van der Waals surface area contributed by atoms with Crippen LogP contribution in [-0.2, 0) is 6.54 Å². The van der Waals surface area contributed by atoms with Crippen molar-refractivity contribution in [2.45, 2.75) is 6.54 Å². The Morgan fingerprint density at radius 2 is 2.07 bits per heavy atom. The first-order valence-corrected chi connectivity index (χ1v) is 4.91. The molecule has 4 heteroatoms. The summed E-state index contributed by atoms with van der Waals surface area (Å²) in [5, 5.41) is 5.11. The predicted molar refractivity (Wildman–Crippen MR) is 59.7 cm³/mol. The lowest BCUT2D eigenvalue weighted by Crippen LogP contribution is -2.31. The largest absolute Gasteiger partial charge is 0.334 e. The number of halogens is 1. The maximum Gasteiger partial charge on any atom is 0.319 e. The molecule has 1 aromatic rings. The molecule has 0 saturated carbocycles. The Hall–Kier alpha value is -1.29. The van der Waals surface area contributed by atoms with Crippen LogP contribution >= 0.6 is 15.9 Å². The molecule has 74 valence electrons. The maximum absolute atomic E-state index is 11.0. The van der Waals surface area contributed by atoms with Crippen LogP contribution < -0.4 is 10.6 Å². The smallest absolute Gasteiger partial charge is 0.319 e. The summed E-state index contributed by atoms with van der Waals surface area (Å²) in [7, 11) is 0. The van der Waals surface area contributed by atoms with E-state index in [1.807, 2.05) is 24.3 Å². The minimum absolute atomic E-state index is 0.247. The molecule has 1 rings (SSSR count). The van der Waals surface area contributed by atoms with Gasteiger partial charge in [0, 0.05) is 11.0 Å². The Balaban J connectivity index is 2.41. The molecule has 3 nitrogen and oxygen atoms in total. The summed E-state index contributed by atoms with van der Waals surface area (Å²) >= 11 is 3.34. The van der Waals surface area contributed by atoms with Crippen LogP contribution in [0.4, 0.5) is 4.79 Å². The highest BCUT2D eigenvalue weighted by molar-refractivity contribution is 9.10. The number of hydrogen-bond acceptors (Lipinski definition) is 1. The van der Waals surface area contributed by atoms with Gasteiger partial charge in [0.25, 0.3) is 0 Å². The van der Waals surface area contributed by atoms with Gasteiger partial charge in [-0.15, -0.1) is 0 Å². The van der Waals surface area contributed by atoms with Crippen LogP contribution in [0.1, 0.15) is 5.56 Å². The normalized spacial score (nSPS) is 9.21. The van der Waals surface area contributed by atoms with Crippen LogP contribution in [0.25, 0.3) is 0 Å². The standard InChI is InChI=1S/C10H11BrN2O/c1-2-12-10(14)13-7-8-3-5-9(11)6-4-8/h2-6H,1,7H2,(H2,12,13,14). The third kappa shape index (κ3) is 3.62. The van der Waals surface area contributed by atoms with Crippen molar-refractivity contribution in [2.75, 3.05) is 0 Å². The van der Waals surface area contributed by atoms with E-state index in [2.05, 4.69) is 33.1 Å². The zero-order valence-corrected chi connectivity index (χ0v) is 9.17. The monoisotopic (exact) mass is 254 g/mol. The van der Waals surface area contributed by atoms with Crippen molar-refractivity contribution in [3.05, 3.63) is 47.1 Å². The molecule has 0 fully saturated rings. The lowest BCUT2D eigenvalue weighted by atomic mass is 10.2. The van der Waals surface area contributed by atoms with Crippen molar-refractivity contribution in [2.24, 2.45) is 0 Å². The van der Waals surface area contributed by atoms with Crippen LogP contribution in [0, 0.1) is 0 Å². The molecule has 0 spiro atoms. The Labute approximate surface area is 91.3 Å². The molecule has 0 aliphatic heterocycles. The third-order valence-corrected chi connectivity index (χ3v) is 2.13. The Morgan fingerprint density at radius 1 is 1.43 bits per heavy atom. The Bertz CT molecular complexity index is 321. The van der Waals surface area contributed by atoms with E-state index in [-0.39, 0.29) is 6.03 Å².